The zero-order valence-corrected chi connectivity index (χ0v) is 11.3. The van der Waals surface area contributed by atoms with Crippen molar-refractivity contribution in [2.75, 3.05) is 0 Å². The summed E-state index contributed by atoms with van der Waals surface area (Å²) in [7, 11) is -3.62. The number of aromatic nitrogens is 1. The van der Waals surface area contributed by atoms with Crippen LogP contribution >= 0.6 is 0 Å². The lowest BCUT2D eigenvalue weighted by Crippen LogP contribution is -2.39. The minimum atomic E-state index is -3.62. The van der Waals surface area contributed by atoms with Crippen LogP contribution in [0.2, 0.25) is 0 Å². The van der Waals surface area contributed by atoms with Crippen molar-refractivity contribution in [3.05, 3.63) is 11.5 Å². The van der Waals surface area contributed by atoms with Crippen molar-refractivity contribution in [2.24, 2.45) is 0 Å². The van der Waals surface area contributed by atoms with Crippen molar-refractivity contribution in [2.45, 2.75) is 56.6 Å². The van der Waals surface area contributed by atoms with Crippen molar-refractivity contribution in [3.63, 3.8) is 0 Å². The Balaban J connectivity index is 2.17. The molecule has 0 amide bonds. The smallest absolute Gasteiger partial charge is 0.246 e. The van der Waals surface area contributed by atoms with E-state index in [0.717, 1.165) is 19.3 Å². The van der Waals surface area contributed by atoms with Gasteiger partial charge in [0.05, 0.1) is 6.10 Å². The van der Waals surface area contributed by atoms with Crippen molar-refractivity contribution >= 4 is 10.0 Å². The Hall–Kier alpha value is -0.920. The largest absolute Gasteiger partial charge is 0.393 e. The zero-order chi connectivity index (χ0) is 13.3. The van der Waals surface area contributed by atoms with Gasteiger partial charge in [0.1, 0.15) is 10.6 Å². The summed E-state index contributed by atoms with van der Waals surface area (Å²) in [5.74, 6) is 0.288. The molecule has 1 saturated carbocycles. The molecule has 2 rings (SSSR count). The number of hydrogen-bond donors (Lipinski definition) is 2. The third-order valence-corrected chi connectivity index (χ3v) is 4.97. The van der Waals surface area contributed by atoms with Gasteiger partial charge in [-0.15, -0.1) is 0 Å². The highest BCUT2D eigenvalue weighted by molar-refractivity contribution is 7.89. The fraction of sp³-hybridized carbons (Fsp3) is 0.727. The second kappa shape index (κ2) is 4.99. The van der Waals surface area contributed by atoms with E-state index in [1.807, 2.05) is 0 Å². The summed E-state index contributed by atoms with van der Waals surface area (Å²) in [5, 5.41) is 13.2. The van der Waals surface area contributed by atoms with E-state index in [1.54, 1.807) is 13.8 Å². The van der Waals surface area contributed by atoms with Gasteiger partial charge in [0.25, 0.3) is 0 Å². The molecule has 1 aromatic heterocycles. The number of aryl methyl sites for hydroxylation is 2. The lowest BCUT2D eigenvalue weighted by molar-refractivity contribution is 0.117. The van der Waals surface area contributed by atoms with Gasteiger partial charge in [-0.2, -0.15) is 0 Å². The molecule has 0 radical (unpaired) electrons. The van der Waals surface area contributed by atoms with E-state index in [0.29, 0.717) is 12.1 Å². The van der Waals surface area contributed by atoms with Gasteiger partial charge in [-0.25, -0.2) is 13.1 Å². The Bertz CT molecular complexity index is 504. The second-order valence-corrected chi connectivity index (χ2v) is 6.44. The summed E-state index contributed by atoms with van der Waals surface area (Å²) in [4.78, 5) is 0.113. The first-order chi connectivity index (χ1) is 8.40. The number of rotatable bonds is 3. The minimum absolute atomic E-state index is 0.113. The molecule has 2 N–H and O–H groups in total. The Morgan fingerprint density at radius 1 is 1.39 bits per heavy atom. The molecule has 0 saturated heterocycles. The van der Waals surface area contributed by atoms with Crippen LogP contribution in [0.1, 0.15) is 37.1 Å². The lowest BCUT2D eigenvalue weighted by Gasteiger charge is -2.26. The van der Waals surface area contributed by atoms with Gasteiger partial charge in [-0.05, 0) is 39.5 Å². The summed E-state index contributed by atoms with van der Waals surface area (Å²) in [6.45, 7) is 3.17. The summed E-state index contributed by atoms with van der Waals surface area (Å²) in [6.07, 6.45) is 2.36. The van der Waals surface area contributed by atoms with Crippen LogP contribution in [0.25, 0.3) is 0 Å². The van der Waals surface area contributed by atoms with E-state index < -0.39 is 16.1 Å². The molecule has 1 fully saturated rings. The lowest BCUT2D eigenvalue weighted by atomic mass is 9.94. The van der Waals surface area contributed by atoms with Crippen molar-refractivity contribution in [1.82, 2.24) is 9.88 Å². The summed E-state index contributed by atoms with van der Waals surface area (Å²) < 4.78 is 31.9. The van der Waals surface area contributed by atoms with Crippen LogP contribution in [0.4, 0.5) is 0 Å². The Morgan fingerprint density at radius 3 is 2.67 bits per heavy atom. The van der Waals surface area contributed by atoms with Crippen molar-refractivity contribution in [3.8, 4) is 0 Å². The van der Waals surface area contributed by atoms with Gasteiger partial charge in [-0.3, -0.25) is 0 Å². The molecule has 1 aliphatic carbocycles. The molecule has 102 valence electrons. The van der Waals surface area contributed by atoms with E-state index in [2.05, 4.69) is 9.88 Å². The number of nitrogens with one attached hydrogen (secondary N) is 1. The molecular formula is C11H18N2O4S. The van der Waals surface area contributed by atoms with Crippen LogP contribution < -0.4 is 4.72 Å². The molecule has 7 heteroatoms. The van der Waals surface area contributed by atoms with Gasteiger partial charge in [0, 0.05) is 6.04 Å². The van der Waals surface area contributed by atoms with Gasteiger partial charge in [-0.1, -0.05) is 5.16 Å². The molecule has 0 unspecified atom stereocenters. The van der Waals surface area contributed by atoms with Crippen LogP contribution in [0.5, 0.6) is 0 Å². The highest BCUT2D eigenvalue weighted by Crippen LogP contribution is 2.23. The molecule has 1 heterocycles. The zero-order valence-electron chi connectivity index (χ0n) is 10.5. The summed E-state index contributed by atoms with van der Waals surface area (Å²) in [6, 6.07) is -0.215. The molecule has 0 aliphatic heterocycles. The number of sulfonamides is 1. The van der Waals surface area contributed by atoms with Crippen LogP contribution in [0.3, 0.4) is 0 Å². The van der Waals surface area contributed by atoms with Crippen molar-refractivity contribution < 1.29 is 18.0 Å². The molecule has 0 bridgehead atoms. The third-order valence-electron chi connectivity index (χ3n) is 3.20. The van der Waals surface area contributed by atoms with E-state index in [1.165, 1.54) is 0 Å². The quantitative estimate of drug-likeness (QED) is 0.853. The van der Waals surface area contributed by atoms with Gasteiger partial charge in [0.15, 0.2) is 5.76 Å². The fourth-order valence-electron chi connectivity index (χ4n) is 2.41. The maximum Gasteiger partial charge on any atom is 0.246 e. The second-order valence-electron chi connectivity index (χ2n) is 4.79. The standard InChI is InChI=1S/C11H18N2O4S/c1-7-11(8(2)17-12-7)18(15,16)13-9-4-3-5-10(14)6-9/h9-10,13-14H,3-6H2,1-2H3/t9-,10-/m1/s1. The van der Waals surface area contributed by atoms with Crippen molar-refractivity contribution in [1.29, 1.82) is 0 Å². The molecule has 6 nitrogen and oxygen atoms in total. The third kappa shape index (κ3) is 2.73. The maximum absolute atomic E-state index is 12.2. The molecule has 2 atom stereocenters. The Morgan fingerprint density at radius 2 is 2.11 bits per heavy atom. The summed E-state index contributed by atoms with van der Waals surface area (Å²) in [5.41, 5.74) is 0.358. The average Bonchev–Trinajstić information content (AvgIpc) is 2.58. The van der Waals surface area contributed by atoms with Gasteiger partial charge >= 0.3 is 0 Å². The average molecular weight is 274 g/mol. The minimum Gasteiger partial charge on any atom is -0.393 e. The van der Waals surface area contributed by atoms with E-state index in [4.69, 9.17) is 4.52 Å². The molecule has 0 spiro atoms. The van der Waals surface area contributed by atoms with E-state index >= 15 is 0 Å². The highest BCUT2D eigenvalue weighted by atomic mass is 32.2. The van der Waals surface area contributed by atoms with Crippen LogP contribution in [0, 0.1) is 13.8 Å². The Labute approximate surface area is 106 Å². The first-order valence-electron chi connectivity index (χ1n) is 6.03. The Kier molecular flexibility index (Phi) is 3.74. The number of nitrogens with zero attached hydrogens (tertiary/aromatic N) is 1. The number of hydrogen-bond acceptors (Lipinski definition) is 5. The first kappa shape index (κ1) is 13.5. The molecule has 1 aromatic rings. The highest BCUT2D eigenvalue weighted by Gasteiger charge is 2.29. The summed E-state index contributed by atoms with van der Waals surface area (Å²) >= 11 is 0. The predicted molar refractivity (Wildman–Crippen MR) is 64.6 cm³/mol. The normalized spacial score (nSPS) is 25.3. The first-order valence-corrected chi connectivity index (χ1v) is 7.51. The SMILES string of the molecule is Cc1noc(C)c1S(=O)(=O)N[C@@H]1CCC[C@@H](O)C1. The molecular weight excluding hydrogens is 256 g/mol. The fourth-order valence-corrected chi connectivity index (χ4v) is 4.02. The number of aliphatic hydroxyl groups is 1. The predicted octanol–water partition coefficient (Wildman–Crippen LogP) is 0.873. The monoisotopic (exact) mass is 274 g/mol. The van der Waals surface area contributed by atoms with Crippen LogP contribution in [0.15, 0.2) is 9.42 Å². The van der Waals surface area contributed by atoms with E-state index in [9.17, 15) is 13.5 Å². The van der Waals surface area contributed by atoms with Crippen LogP contribution in [-0.4, -0.2) is 30.8 Å². The van der Waals surface area contributed by atoms with Crippen LogP contribution in [-0.2, 0) is 10.0 Å². The topological polar surface area (TPSA) is 92.4 Å². The molecule has 18 heavy (non-hydrogen) atoms. The molecule has 1 aliphatic rings. The van der Waals surface area contributed by atoms with E-state index in [-0.39, 0.29) is 16.7 Å². The van der Waals surface area contributed by atoms with Gasteiger partial charge in [0.2, 0.25) is 10.0 Å². The maximum atomic E-state index is 12.2. The molecule has 0 aromatic carbocycles. The number of aliphatic hydroxyl groups excluding tert-OH is 1. The van der Waals surface area contributed by atoms with Gasteiger partial charge < -0.3 is 9.63 Å².